The Labute approximate surface area is 267 Å². The van der Waals surface area contributed by atoms with Gasteiger partial charge in [-0.1, -0.05) is 84.8 Å². The van der Waals surface area contributed by atoms with Gasteiger partial charge in [-0.2, -0.15) is 0 Å². The molecule has 3 aromatic carbocycles. The Kier molecular flexibility index (Phi) is 22.4. The van der Waals surface area contributed by atoms with Crippen molar-refractivity contribution in [1.29, 1.82) is 0 Å². The molecule has 44 heavy (non-hydrogen) atoms. The zero-order valence-electron chi connectivity index (χ0n) is 26.4. The van der Waals surface area contributed by atoms with Crippen LogP contribution in [-0.2, 0) is 27.5 Å². The lowest BCUT2D eigenvalue weighted by Crippen LogP contribution is -2.48. The third kappa shape index (κ3) is 17.9. The van der Waals surface area contributed by atoms with Gasteiger partial charge in [-0.3, -0.25) is 15.1 Å². The molecule has 1 atom stereocenters. The Balaban J connectivity index is 0.000000649. The van der Waals surface area contributed by atoms with E-state index in [9.17, 15) is 9.59 Å². The van der Waals surface area contributed by atoms with E-state index in [0.717, 1.165) is 36.8 Å². The van der Waals surface area contributed by atoms with Crippen LogP contribution in [0.5, 0.6) is 5.75 Å². The van der Waals surface area contributed by atoms with E-state index < -0.39 is 6.17 Å². The first kappa shape index (κ1) is 40.1. The van der Waals surface area contributed by atoms with Gasteiger partial charge in [-0.05, 0) is 55.8 Å². The minimum Gasteiger partial charge on any atom is -0.508 e. The van der Waals surface area contributed by atoms with Gasteiger partial charge >= 0.3 is 0 Å². The number of nitrogens with two attached hydrogens (primary N) is 1. The molecule has 0 spiro atoms. The van der Waals surface area contributed by atoms with Crippen molar-refractivity contribution in [3.05, 3.63) is 113 Å². The van der Waals surface area contributed by atoms with Crippen LogP contribution in [0.3, 0.4) is 0 Å². The summed E-state index contributed by atoms with van der Waals surface area (Å²) in [6.45, 7) is 15.7. The molecule has 1 unspecified atom stereocenters. The van der Waals surface area contributed by atoms with Crippen molar-refractivity contribution in [3.8, 4) is 5.75 Å². The fourth-order valence-electron chi connectivity index (χ4n) is 3.68. The number of nitrogens with zero attached hydrogens (tertiary/aromatic N) is 3. The van der Waals surface area contributed by atoms with Gasteiger partial charge in [0.1, 0.15) is 18.8 Å². The van der Waals surface area contributed by atoms with Crippen molar-refractivity contribution in [2.75, 3.05) is 33.2 Å². The number of benzene rings is 3. The average Bonchev–Trinajstić information content (AvgIpc) is 3.03. The van der Waals surface area contributed by atoms with Crippen LogP contribution in [0.25, 0.3) is 0 Å². The normalized spacial score (nSPS) is 10.6. The molecule has 3 rings (SSSR count). The first-order valence-electron chi connectivity index (χ1n) is 14.1. The number of nitrogens with one attached hydrogen (secondary N) is 1. The second kappa shape index (κ2) is 24.6. The molecule has 0 heterocycles. The fourth-order valence-corrected chi connectivity index (χ4v) is 3.89. The van der Waals surface area contributed by atoms with Crippen LogP contribution in [0.15, 0.2) is 85.5 Å². The maximum Gasteiger partial charge on any atom is 0.211 e. The van der Waals surface area contributed by atoms with E-state index in [-0.39, 0.29) is 6.54 Å². The highest BCUT2D eigenvalue weighted by molar-refractivity contribution is 6.31. The molecule has 9 nitrogen and oxygen atoms in total. The standard InChI is InChI=1S/C13H19ClN2.C13H19N3O2.C7H8O.CH2O/c1-4-8-16(5-2)15-10-12-7-6-11(3)13(14)9-12;1-15(9-12-5-3-2-4-6-12)10-13(14)16(11-18)7-8-17;1-6-2-4-7(8)5-3-6;1-2/h4,6-7,9,15H,1,5,8,10H2,2-3H3;2-6,8,11,13H,7,9-10,14H2,1H3;2-5,8H,1H3;1H2. The van der Waals surface area contributed by atoms with Crippen molar-refractivity contribution in [1.82, 2.24) is 20.2 Å². The molecular formula is C34H48ClN5O4. The van der Waals surface area contributed by atoms with Gasteiger partial charge in [0.2, 0.25) is 6.41 Å². The highest BCUT2D eigenvalue weighted by Gasteiger charge is 2.14. The zero-order valence-corrected chi connectivity index (χ0v) is 27.1. The summed E-state index contributed by atoms with van der Waals surface area (Å²) in [5.74, 6) is 0.329. The van der Waals surface area contributed by atoms with Crippen LogP contribution in [-0.4, -0.2) is 78.8 Å². The minimum absolute atomic E-state index is 0.0316. The summed E-state index contributed by atoms with van der Waals surface area (Å²) >= 11 is 6.07. The van der Waals surface area contributed by atoms with Gasteiger partial charge in [0, 0.05) is 37.7 Å². The largest absolute Gasteiger partial charge is 0.508 e. The third-order valence-corrected chi connectivity index (χ3v) is 6.56. The molecule has 0 aromatic heterocycles. The lowest BCUT2D eigenvalue weighted by Gasteiger charge is -2.27. The Hall–Kier alpha value is -3.86. The number of hydrogen-bond donors (Lipinski definition) is 3. The summed E-state index contributed by atoms with van der Waals surface area (Å²) in [7, 11) is 1.93. The number of halogens is 1. The van der Waals surface area contributed by atoms with Crippen molar-refractivity contribution in [2.45, 2.75) is 40.0 Å². The lowest BCUT2D eigenvalue weighted by molar-refractivity contribution is -0.124. The number of carbonyl (C=O) groups excluding carboxylic acids is 3. The highest BCUT2D eigenvalue weighted by atomic mass is 35.5. The van der Waals surface area contributed by atoms with E-state index in [0.29, 0.717) is 25.0 Å². The van der Waals surface area contributed by atoms with Gasteiger partial charge < -0.3 is 25.3 Å². The molecule has 3 aromatic rings. The average molecular weight is 626 g/mol. The molecule has 0 fully saturated rings. The second-order valence-electron chi connectivity index (χ2n) is 9.80. The van der Waals surface area contributed by atoms with Gasteiger partial charge in [0.25, 0.3) is 0 Å². The highest BCUT2D eigenvalue weighted by Crippen LogP contribution is 2.16. The monoisotopic (exact) mass is 625 g/mol. The molecule has 0 bridgehead atoms. The zero-order chi connectivity index (χ0) is 33.3. The van der Waals surface area contributed by atoms with Crippen molar-refractivity contribution < 1.29 is 19.5 Å². The molecule has 1 amide bonds. The van der Waals surface area contributed by atoms with Crippen molar-refractivity contribution >= 4 is 31.1 Å². The van der Waals surface area contributed by atoms with E-state index in [1.54, 1.807) is 12.1 Å². The first-order chi connectivity index (χ1) is 21.1. The number of carbonyl (C=O) groups is 3. The van der Waals surface area contributed by atoms with E-state index in [1.165, 1.54) is 21.6 Å². The molecule has 4 N–H and O–H groups in total. The van der Waals surface area contributed by atoms with E-state index in [2.05, 4.69) is 30.0 Å². The van der Waals surface area contributed by atoms with E-state index in [1.807, 2.05) is 93.3 Å². The SMILES string of the molecule is C=CCN(CC)NCc1ccc(C)c(Cl)c1.C=O.CN(Cc1ccccc1)CC(N)N(C=O)CC=O.Cc1ccc(O)cc1. The maximum atomic E-state index is 10.7. The number of likely N-dealkylation sites (N-methyl/N-ethyl adjacent to an activating group) is 2. The number of hydrazine groups is 1. The maximum absolute atomic E-state index is 10.7. The molecular weight excluding hydrogens is 578 g/mol. The van der Waals surface area contributed by atoms with Gasteiger partial charge in [0.15, 0.2) is 0 Å². The second-order valence-corrected chi connectivity index (χ2v) is 10.2. The molecule has 0 saturated carbocycles. The molecule has 0 aliphatic rings. The lowest BCUT2D eigenvalue weighted by atomic mass is 10.1. The summed E-state index contributed by atoms with van der Waals surface area (Å²) in [5.41, 5.74) is 13.9. The topological polar surface area (TPSA) is 119 Å². The molecule has 0 saturated heterocycles. The summed E-state index contributed by atoms with van der Waals surface area (Å²) in [5, 5.41) is 11.7. The number of aryl methyl sites for hydroxylation is 2. The number of aldehydes is 1. The Morgan fingerprint density at radius 3 is 2.11 bits per heavy atom. The van der Waals surface area contributed by atoms with E-state index >= 15 is 0 Å². The summed E-state index contributed by atoms with van der Waals surface area (Å²) in [4.78, 5) is 32.4. The van der Waals surface area contributed by atoms with Crippen molar-refractivity contribution in [2.24, 2.45) is 5.73 Å². The summed E-state index contributed by atoms with van der Waals surface area (Å²) < 4.78 is 0. The summed E-state index contributed by atoms with van der Waals surface area (Å²) in [6.07, 6.45) is 2.70. The van der Waals surface area contributed by atoms with Gasteiger partial charge in [-0.25, -0.2) is 5.01 Å². The summed E-state index contributed by atoms with van der Waals surface area (Å²) in [6, 6.07) is 23.2. The van der Waals surface area contributed by atoms with Crippen LogP contribution < -0.4 is 11.2 Å². The number of phenolic OH excluding ortho intramolecular Hbond substituents is 1. The van der Waals surface area contributed by atoms with Crippen LogP contribution >= 0.6 is 11.6 Å². The predicted molar refractivity (Wildman–Crippen MR) is 180 cm³/mol. The predicted octanol–water partition coefficient (Wildman–Crippen LogP) is 4.74. The van der Waals surface area contributed by atoms with Crippen LogP contribution in [0.2, 0.25) is 5.02 Å². The van der Waals surface area contributed by atoms with Gasteiger partial charge in [0.05, 0.1) is 12.7 Å². The number of aromatic hydroxyl groups is 1. The van der Waals surface area contributed by atoms with Crippen LogP contribution in [0, 0.1) is 13.8 Å². The molecule has 10 heteroatoms. The molecule has 0 radical (unpaired) electrons. The molecule has 0 aliphatic carbocycles. The van der Waals surface area contributed by atoms with E-state index in [4.69, 9.17) is 27.2 Å². The smallest absolute Gasteiger partial charge is 0.211 e. The number of amides is 1. The third-order valence-electron chi connectivity index (χ3n) is 6.15. The number of hydrogen-bond acceptors (Lipinski definition) is 8. The Morgan fingerprint density at radius 2 is 1.61 bits per heavy atom. The number of phenols is 1. The number of rotatable bonds is 14. The molecule has 240 valence electrons. The molecule has 0 aliphatic heterocycles. The minimum atomic E-state index is -0.471. The Morgan fingerprint density at radius 1 is 0.977 bits per heavy atom. The van der Waals surface area contributed by atoms with Crippen LogP contribution in [0.4, 0.5) is 0 Å². The van der Waals surface area contributed by atoms with Gasteiger partial charge in [-0.15, -0.1) is 6.58 Å². The van der Waals surface area contributed by atoms with Crippen molar-refractivity contribution in [3.63, 3.8) is 0 Å². The first-order valence-corrected chi connectivity index (χ1v) is 14.5. The Bertz CT molecular complexity index is 1180. The quantitative estimate of drug-likeness (QED) is 0.102. The fraction of sp³-hybridized carbons (Fsp3) is 0.324. The van der Waals surface area contributed by atoms with Crippen LogP contribution in [0.1, 0.15) is 29.2 Å².